The van der Waals surface area contributed by atoms with Crippen molar-refractivity contribution in [2.24, 2.45) is 7.05 Å². The first-order chi connectivity index (χ1) is 14.2. The summed E-state index contributed by atoms with van der Waals surface area (Å²) in [7, 11) is -3.05. The van der Waals surface area contributed by atoms with Gasteiger partial charge < -0.3 is 5.32 Å². The molecule has 1 aromatic heterocycles. The molecule has 168 valence electrons. The van der Waals surface area contributed by atoms with Crippen LogP contribution in [0.1, 0.15) is 12.1 Å². The molecule has 2 aromatic rings. The van der Waals surface area contributed by atoms with Gasteiger partial charge in [-0.15, -0.1) is 0 Å². The van der Waals surface area contributed by atoms with Crippen molar-refractivity contribution in [1.29, 1.82) is 0 Å². The van der Waals surface area contributed by atoms with Crippen LogP contribution in [0.25, 0.3) is 5.69 Å². The zero-order valence-electron chi connectivity index (χ0n) is 15.5. The normalized spacial score (nSPS) is 15.9. The molecule has 0 spiro atoms. The van der Waals surface area contributed by atoms with Crippen molar-refractivity contribution in [3.8, 4) is 5.69 Å². The van der Waals surface area contributed by atoms with Crippen LogP contribution >= 0.6 is 15.9 Å². The summed E-state index contributed by atoms with van der Waals surface area (Å²) in [6.07, 6.45) is -4.77. The van der Waals surface area contributed by atoms with Crippen LogP contribution in [0.2, 0.25) is 0 Å². The van der Waals surface area contributed by atoms with E-state index in [1.807, 2.05) is 0 Å². The molecule has 2 heterocycles. The molecule has 31 heavy (non-hydrogen) atoms. The summed E-state index contributed by atoms with van der Waals surface area (Å²) in [6, 6.07) is 0.685. The van der Waals surface area contributed by atoms with Gasteiger partial charge in [0.05, 0.1) is 17.1 Å². The van der Waals surface area contributed by atoms with E-state index in [1.54, 1.807) is 0 Å². The van der Waals surface area contributed by atoms with E-state index in [0.717, 1.165) is 19.2 Å². The minimum Gasteiger partial charge on any atom is -0.306 e. The van der Waals surface area contributed by atoms with Crippen LogP contribution in [0.3, 0.4) is 0 Å². The first-order valence-corrected chi connectivity index (χ1v) is 10.9. The fraction of sp³-hybridized carbons (Fsp3) is 0.312. The number of anilines is 1. The third-order valence-electron chi connectivity index (χ3n) is 4.46. The van der Waals surface area contributed by atoms with Gasteiger partial charge in [0.2, 0.25) is 10.0 Å². The Bertz CT molecular complexity index is 1300. The number of hydrogen-bond acceptors (Lipinski definition) is 5. The van der Waals surface area contributed by atoms with E-state index in [0.29, 0.717) is 4.31 Å². The number of halogens is 5. The maximum atomic E-state index is 14.5. The van der Waals surface area contributed by atoms with E-state index < -0.39 is 50.7 Å². The first-order valence-electron chi connectivity index (χ1n) is 8.45. The van der Waals surface area contributed by atoms with Gasteiger partial charge in [-0.05, 0) is 34.5 Å². The first kappa shape index (κ1) is 23.0. The van der Waals surface area contributed by atoms with E-state index in [2.05, 4.69) is 21.2 Å². The van der Waals surface area contributed by atoms with Crippen molar-refractivity contribution in [1.82, 2.24) is 13.4 Å². The highest BCUT2D eigenvalue weighted by Crippen LogP contribution is 2.29. The third-order valence-corrected chi connectivity index (χ3v) is 6.94. The predicted octanol–water partition coefficient (Wildman–Crippen LogP) is 2.02. The van der Waals surface area contributed by atoms with Gasteiger partial charge in [-0.3, -0.25) is 9.36 Å². The Kier molecular flexibility index (Phi) is 5.77. The summed E-state index contributed by atoms with van der Waals surface area (Å²) in [5.41, 5.74) is -5.39. The van der Waals surface area contributed by atoms with Gasteiger partial charge in [0.15, 0.2) is 0 Å². The molecule has 2 amide bonds. The number of sulfonamides is 1. The summed E-state index contributed by atoms with van der Waals surface area (Å²) in [5, 5.41) is 2.22. The van der Waals surface area contributed by atoms with Crippen LogP contribution in [0.4, 0.5) is 28.0 Å². The maximum Gasteiger partial charge on any atom is 0.431 e. The molecular weight excluding hydrogens is 516 g/mol. The predicted molar refractivity (Wildman–Crippen MR) is 104 cm³/mol. The van der Waals surface area contributed by atoms with E-state index >= 15 is 0 Å². The zero-order valence-corrected chi connectivity index (χ0v) is 17.9. The van der Waals surface area contributed by atoms with Crippen LogP contribution in [0.5, 0.6) is 0 Å². The maximum absolute atomic E-state index is 14.5. The number of benzene rings is 1. The highest BCUT2D eigenvalue weighted by atomic mass is 79.9. The number of hydrogen-bond donors (Lipinski definition) is 1. The lowest BCUT2D eigenvalue weighted by molar-refractivity contribution is -0.144. The summed E-state index contributed by atoms with van der Waals surface area (Å²) in [5.74, 6) is -1.38. The SMILES string of the molecule is Cn1c(C(F)(F)F)cc(=O)n(-c2cc(NC(=O)N3CCCS3(=O)=O)c(Br)cc2F)c1=O. The largest absolute Gasteiger partial charge is 0.431 e. The molecular formula is C16H13BrF4N4O5S. The second-order valence-corrected chi connectivity index (χ2v) is 9.37. The van der Waals surface area contributed by atoms with Crippen molar-refractivity contribution in [2.45, 2.75) is 12.6 Å². The molecule has 1 fully saturated rings. The lowest BCUT2D eigenvalue weighted by Crippen LogP contribution is -2.41. The average molecular weight is 529 g/mol. The zero-order chi connectivity index (χ0) is 23.3. The molecule has 1 aliphatic rings. The van der Waals surface area contributed by atoms with Crippen molar-refractivity contribution in [3.63, 3.8) is 0 Å². The number of rotatable bonds is 2. The second kappa shape index (κ2) is 7.78. The number of nitrogens with zero attached hydrogens (tertiary/aromatic N) is 3. The standard InChI is InChI=1S/C16H13BrF4N4O5S/c1-23-12(16(19,20)21)7-13(26)25(15(23)28)11-6-10(8(17)5-9(11)18)22-14(27)24-3-2-4-31(24,29)30/h5-7H,2-4H2,1H3,(H,22,27). The van der Waals surface area contributed by atoms with Gasteiger partial charge >= 0.3 is 17.9 Å². The fourth-order valence-electron chi connectivity index (χ4n) is 2.97. The summed E-state index contributed by atoms with van der Waals surface area (Å²) in [6.45, 7) is -0.0707. The molecule has 0 bridgehead atoms. The summed E-state index contributed by atoms with van der Waals surface area (Å²) >= 11 is 2.97. The molecule has 1 saturated heterocycles. The summed E-state index contributed by atoms with van der Waals surface area (Å²) in [4.78, 5) is 36.9. The van der Waals surface area contributed by atoms with Crippen LogP contribution in [-0.2, 0) is 23.2 Å². The van der Waals surface area contributed by atoms with Crippen LogP contribution in [-0.4, -0.2) is 40.2 Å². The minimum absolute atomic E-state index is 0.0597. The van der Waals surface area contributed by atoms with E-state index in [1.165, 1.54) is 0 Å². The van der Waals surface area contributed by atoms with Gasteiger partial charge in [0, 0.05) is 24.1 Å². The van der Waals surface area contributed by atoms with Crippen molar-refractivity contribution < 1.29 is 30.8 Å². The molecule has 0 unspecified atom stereocenters. The van der Waals surface area contributed by atoms with E-state index in [4.69, 9.17) is 0 Å². The Morgan fingerprint density at radius 1 is 1.19 bits per heavy atom. The van der Waals surface area contributed by atoms with Crippen molar-refractivity contribution in [3.05, 3.63) is 55.0 Å². The molecule has 1 aromatic carbocycles. The number of amides is 2. The molecule has 1 N–H and O–H groups in total. The monoisotopic (exact) mass is 528 g/mol. The topological polar surface area (TPSA) is 110 Å². The lowest BCUT2D eigenvalue weighted by atomic mass is 10.2. The van der Waals surface area contributed by atoms with Gasteiger partial charge in [-0.1, -0.05) is 0 Å². The Morgan fingerprint density at radius 3 is 2.39 bits per heavy atom. The molecule has 15 heteroatoms. The Balaban J connectivity index is 2.11. The third kappa shape index (κ3) is 4.23. The van der Waals surface area contributed by atoms with Gasteiger partial charge in [0.1, 0.15) is 11.5 Å². The number of alkyl halides is 3. The average Bonchev–Trinajstić information content (AvgIpc) is 3.00. The number of carbonyl (C=O) groups excluding carboxylic acids is 1. The molecule has 9 nitrogen and oxygen atoms in total. The summed E-state index contributed by atoms with van der Waals surface area (Å²) < 4.78 is 78.1. The number of urea groups is 1. The number of carbonyl (C=O) groups is 1. The minimum atomic E-state index is -5.00. The van der Waals surface area contributed by atoms with Gasteiger partial charge in [-0.25, -0.2) is 31.3 Å². The van der Waals surface area contributed by atoms with Crippen LogP contribution < -0.4 is 16.6 Å². The van der Waals surface area contributed by atoms with E-state index in [9.17, 15) is 40.4 Å². The van der Waals surface area contributed by atoms with Crippen molar-refractivity contribution in [2.75, 3.05) is 17.6 Å². The highest BCUT2D eigenvalue weighted by Gasteiger charge is 2.36. The molecule has 0 radical (unpaired) electrons. The molecule has 3 rings (SSSR count). The molecule has 1 aliphatic heterocycles. The highest BCUT2D eigenvalue weighted by molar-refractivity contribution is 9.10. The second-order valence-electron chi connectivity index (χ2n) is 6.50. The van der Waals surface area contributed by atoms with Gasteiger partial charge in [-0.2, -0.15) is 13.2 Å². The number of aromatic nitrogens is 2. The number of nitrogens with one attached hydrogen (secondary N) is 1. The quantitative estimate of drug-likeness (QED) is 0.599. The van der Waals surface area contributed by atoms with E-state index in [-0.39, 0.29) is 44.1 Å². The van der Waals surface area contributed by atoms with Crippen LogP contribution in [0.15, 0.2) is 32.3 Å². The van der Waals surface area contributed by atoms with Crippen LogP contribution in [0, 0.1) is 5.82 Å². The molecule has 0 aliphatic carbocycles. The Morgan fingerprint density at radius 2 is 1.84 bits per heavy atom. The molecule has 0 atom stereocenters. The molecule has 0 saturated carbocycles. The Hall–Kier alpha value is -2.68. The van der Waals surface area contributed by atoms with Crippen molar-refractivity contribution >= 4 is 37.7 Å². The smallest absolute Gasteiger partial charge is 0.306 e. The lowest BCUT2D eigenvalue weighted by Gasteiger charge is -2.18. The Labute approximate surface area is 180 Å². The van der Waals surface area contributed by atoms with Gasteiger partial charge in [0.25, 0.3) is 5.56 Å². The fourth-order valence-corrected chi connectivity index (χ4v) is 4.80.